The van der Waals surface area contributed by atoms with Crippen molar-refractivity contribution in [3.63, 3.8) is 0 Å². The van der Waals surface area contributed by atoms with Crippen LogP contribution in [0.3, 0.4) is 0 Å². The molecule has 0 amide bonds. The molecule has 1 aromatic heterocycles. The zero-order valence-electron chi connectivity index (χ0n) is 7.24. The van der Waals surface area contributed by atoms with E-state index in [2.05, 4.69) is 24.9 Å². The molecule has 0 atom stereocenters. The first kappa shape index (κ1) is 8.91. The van der Waals surface area contributed by atoms with Crippen molar-refractivity contribution in [3.05, 3.63) is 23.1 Å². The number of thiol groups is 1. The zero-order valence-corrected chi connectivity index (χ0v) is 8.95. The Hall–Kier alpha value is -0.670. The molecule has 0 unspecified atom stereocenters. The minimum absolute atomic E-state index is 0.268. The van der Waals surface area contributed by atoms with Gasteiger partial charge in [-0.05, 0) is 34.9 Å². The van der Waals surface area contributed by atoms with Crippen molar-refractivity contribution in [1.82, 2.24) is 0 Å². The summed E-state index contributed by atoms with van der Waals surface area (Å²) >= 11 is 5.87. The summed E-state index contributed by atoms with van der Waals surface area (Å²) in [4.78, 5) is 0.650. The molecule has 2 rings (SSSR count). The second-order valence-electron chi connectivity index (χ2n) is 2.95. The molecule has 0 fully saturated rings. The van der Waals surface area contributed by atoms with Gasteiger partial charge in [-0.25, -0.2) is 0 Å². The van der Waals surface area contributed by atoms with Crippen LogP contribution < -0.4 is 0 Å². The maximum Gasteiger partial charge on any atom is 0.129 e. The largest absolute Gasteiger partial charge is 0.507 e. The Balaban J connectivity index is 2.77. The fraction of sp³-hybridized carbons (Fsp3) is 0.200. The molecule has 13 heavy (non-hydrogen) atoms. The summed E-state index contributed by atoms with van der Waals surface area (Å²) in [5.74, 6) is 0.268. The molecule has 68 valence electrons. The van der Waals surface area contributed by atoms with E-state index in [4.69, 9.17) is 0 Å². The van der Waals surface area contributed by atoms with Crippen LogP contribution in [0.5, 0.6) is 5.75 Å². The number of fused-ring (bicyclic) bond motifs is 1. The summed E-state index contributed by atoms with van der Waals surface area (Å²) in [7, 11) is 0. The topological polar surface area (TPSA) is 20.2 Å². The quantitative estimate of drug-likeness (QED) is 0.691. The van der Waals surface area contributed by atoms with Gasteiger partial charge in [0.2, 0.25) is 0 Å². The molecule has 1 nitrogen and oxygen atoms in total. The smallest absolute Gasteiger partial charge is 0.129 e. The third-order valence-electron chi connectivity index (χ3n) is 2.13. The van der Waals surface area contributed by atoms with Crippen LogP contribution in [0.25, 0.3) is 10.1 Å². The van der Waals surface area contributed by atoms with Gasteiger partial charge in [-0.1, -0.05) is 6.92 Å². The third kappa shape index (κ3) is 1.42. The van der Waals surface area contributed by atoms with E-state index in [1.165, 1.54) is 10.3 Å². The Bertz CT molecular complexity index is 445. The molecule has 0 bridgehead atoms. The first-order valence-electron chi connectivity index (χ1n) is 4.14. The van der Waals surface area contributed by atoms with E-state index in [9.17, 15) is 5.11 Å². The zero-order chi connectivity index (χ0) is 9.42. The number of aromatic hydroxyl groups is 1. The second kappa shape index (κ2) is 3.24. The van der Waals surface area contributed by atoms with Gasteiger partial charge in [-0.3, -0.25) is 0 Å². The van der Waals surface area contributed by atoms with Crippen molar-refractivity contribution >= 4 is 34.1 Å². The standard InChI is InChI=1S/C10H10OS2/c1-2-6-5-13-10-4-9(12)8(11)3-7(6)10/h3-5,11-12H,2H2,1H3. The highest BCUT2D eigenvalue weighted by Crippen LogP contribution is 2.33. The minimum atomic E-state index is 0.268. The number of aryl methyl sites for hydroxylation is 1. The SMILES string of the molecule is CCc1csc2cc(S)c(O)cc12. The fourth-order valence-corrected chi connectivity index (χ4v) is 2.72. The lowest BCUT2D eigenvalue weighted by molar-refractivity contribution is 0.464. The minimum Gasteiger partial charge on any atom is -0.507 e. The van der Waals surface area contributed by atoms with Gasteiger partial charge in [0.25, 0.3) is 0 Å². The first-order valence-corrected chi connectivity index (χ1v) is 5.47. The van der Waals surface area contributed by atoms with Gasteiger partial charge in [0.05, 0.1) is 0 Å². The van der Waals surface area contributed by atoms with Crippen LogP contribution in [0.1, 0.15) is 12.5 Å². The van der Waals surface area contributed by atoms with Crippen LogP contribution in [0.4, 0.5) is 0 Å². The van der Waals surface area contributed by atoms with Crippen LogP contribution in [0.15, 0.2) is 22.4 Å². The van der Waals surface area contributed by atoms with E-state index in [1.54, 1.807) is 17.4 Å². The van der Waals surface area contributed by atoms with Crippen LogP contribution >= 0.6 is 24.0 Å². The van der Waals surface area contributed by atoms with Crippen molar-refractivity contribution < 1.29 is 5.11 Å². The normalized spacial score (nSPS) is 10.9. The van der Waals surface area contributed by atoms with Crippen LogP contribution in [0, 0.1) is 0 Å². The number of phenolic OH excluding ortho intramolecular Hbond substituents is 1. The molecule has 0 saturated carbocycles. The molecule has 2 aromatic rings. The van der Waals surface area contributed by atoms with Crippen molar-refractivity contribution in [2.75, 3.05) is 0 Å². The Morgan fingerprint density at radius 3 is 2.92 bits per heavy atom. The van der Waals surface area contributed by atoms with Gasteiger partial charge in [0.1, 0.15) is 5.75 Å². The van der Waals surface area contributed by atoms with E-state index in [0.29, 0.717) is 4.90 Å². The molecule has 1 aromatic carbocycles. The number of hydrogen-bond donors (Lipinski definition) is 2. The summed E-state index contributed by atoms with van der Waals surface area (Å²) in [6.07, 6.45) is 1.01. The molecule has 1 N–H and O–H groups in total. The number of thiophene rings is 1. The molecule has 0 aliphatic rings. The molecule has 3 heteroatoms. The van der Waals surface area contributed by atoms with Crippen molar-refractivity contribution in [2.45, 2.75) is 18.2 Å². The summed E-state index contributed by atoms with van der Waals surface area (Å²) < 4.78 is 1.19. The Morgan fingerprint density at radius 1 is 1.46 bits per heavy atom. The summed E-state index contributed by atoms with van der Waals surface area (Å²) in [5.41, 5.74) is 1.30. The van der Waals surface area contributed by atoms with Gasteiger partial charge in [0, 0.05) is 9.60 Å². The van der Waals surface area contributed by atoms with Crippen LogP contribution in [-0.4, -0.2) is 5.11 Å². The molecular weight excluding hydrogens is 200 g/mol. The van der Waals surface area contributed by atoms with E-state index in [-0.39, 0.29) is 5.75 Å². The van der Waals surface area contributed by atoms with E-state index >= 15 is 0 Å². The molecular formula is C10H10OS2. The molecule has 0 spiro atoms. The maximum absolute atomic E-state index is 9.48. The predicted molar refractivity (Wildman–Crippen MR) is 60.1 cm³/mol. The Kier molecular flexibility index (Phi) is 2.22. The molecule has 0 aliphatic heterocycles. The molecule has 1 heterocycles. The molecule has 0 radical (unpaired) electrons. The van der Waals surface area contributed by atoms with Crippen LogP contribution in [-0.2, 0) is 6.42 Å². The van der Waals surface area contributed by atoms with E-state index in [0.717, 1.165) is 11.8 Å². The van der Waals surface area contributed by atoms with Gasteiger partial charge < -0.3 is 5.11 Å². The highest BCUT2D eigenvalue weighted by Gasteiger charge is 2.05. The Labute approximate surface area is 86.4 Å². The number of hydrogen-bond acceptors (Lipinski definition) is 3. The number of phenols is 1. The van der Waals surface area contributed by atoms with Crippen molar-refractivity contribution in [3.8, 4) is 5.75 Å². The molecule has 0 aliphatic carbocycles. The Morgan fingerprint density at radius 2 is 2.23 bits per heavy atom. The fourth-order valence-electron chi connectivity index (χ4n) is 1.38. The lowest BCUT2D eigenvalue weighted by atomic mass is 10.1. The number of benzene rings is 1. The van der Waals surface area contributed by atoms with E-state index in [1.807, 2.05) is 6.07 Å². The summed E-state index contributed by atoms with van der Waals surface area (Å²) in [6, 6.07) is 3.71. The van der Waals surface area contributed by atoms with Gasteiger partial charge in [-0.2, -0.15) is 0 Å². The highest BCUT2D eigenvalue weighted by atomic mass is 32.1. The van der Waals surface area contributed by atoms with Gasteiger partial charge >= 0.3 is 0 Å². The van der Waals surface area contributed by atoms with Crippen molar-refractivity contribution in [2.24, 2.45) is 0 Å². The monoisotopic (exact) mass is 210 g/mol. The molecule has 0 saturated heterocycles. The lowest BCUT2D eigenvalue weighted by Gasteiger charge is -1.98. The van der Waals surface area contributed by atoms with Gasteiger partial charge in [0.15, 0.2) is 0 Å². The number of rotatable bonds is 1. The summed E-state index contributed by atoms with van der Waals surface area (Å²) in [5, 5.41) is 12.8. The third-order valence-corrected chi connectivity index (χ3v) is 3.48. The van der Waals surface area contributed by atoms with Gasteiger partial charge in [-0.15, -0.1) is 24.0 Å². The lowest BCUT2D eigenvalue weighted by Crippen LogP contribution is -1.76. The van der Waals surface area contributed by atoms with Crippen LogP contribution in [0.2, 0.25) is 0 Å². The highest BCUT2D eigenvalue weighted by molar-refractivity contribution is 7.80. The maximum atomic E-state index is 9.48. The average molecular weight is 210 g/mol. The van der Waals surface area contributed by atoms with Crippen molar-refractivity contribution in [1.29, 1.82) is 0 Å². The van der Waals surface area contributed by atoms with E-state index < -0.39 is 0 Å². The first-order chi connectivity index (χ1) is 6.22. The predicted octanol–water partition coefficient (Wildman–Crippen LogP) is 3.46. The summed E-state index contributed by atoms with van der Waals surface area (Å²) in [6.45, 7) is 2.12. The second-order valence-corrected chi connectivity index (χ2v) is 4.34. The average Bonchev–Trinajstić information content (AvgIpc) is 2.48.